The number of hydrogen-bond donors (Lipinski definition) is 3. The van der Waals surface area contributed by atoms with Crippen LogP contribution < -0.4 is 5.32 Å². The Labute approximate surface area is 443 Å². The fraction of sp³-hybridized carbons (Fsp3) is 0.908. The van der Waals surface area contributed by atoms with Gasteiger partial charge in [-0.2, -0.15) is 0 Å². The van der Waals surface area contributed by atoms with Gasteiger partial charge in [0, 0.05) is 12.8 Å². The molecule has 0 aromatic carbocycles. The number of aliphatic hydroxyl groups is 2. The largest absolute Gasteiger partial charge is 0.466 e. The van der Waals surface area contributed by atoms with Crippen molar-refractivity contribution in [2.24, 2.45) is 0 Å². The molecule has 0 aliphatic carbocycles. The van der Waals surface area contributed by atoms with Gasteiger partial charge in [0.1, 0.15) is 0 Å². The third-order valence-electron chi connectivity index (χ3n) is 15.0. The highest BCUT2D eigenvalue weighted by Gasteiger charge is 2.18. The van der Waals surface area contributed by atoms with Crippen LogP contribution in [0.5, 0.6) is 0 Å². The standard InChI is InChI=1S/C65H125NO5/c1-3-5-7-9-11-13-15-17-18-31-34-37-41-45-49-53-57-63(68)62(61-67)66-64(69)58-54-50-46-42-38-35-32-29-27-25-23-21-19-20-22-24-26-28-30-33-36-40-44-48-52-56-60-71-65(70)59-55-51-47-43-39-16-14-12-10-8-6-4-2/h19,21,53,57,62-63,67-68H,3-18,20,22-52,54-56,58-61H2,1-2H3,(H,66,69)/b21-19-,57-53+. The van der Waals surface area contributed by atoms with Crippen molar-refractivity contribution in [2.45, 2.75) is 366 Å². The van der Waals surface area contributed by atoms with Crippen molar-refractivity contribution in [1.82, 2.24) is 5.32 Å². The highest BCUT2D eigenvalue weighted by atomic mass is 16.5. The minimum Gasteiger partial charge on any atom is -0.466 e. The summed E-state index contributed by atoms with van der Waals surface area (Å²) in [6.45, 7) is 4.92. The summed E-state index contributed by atoms with van der Waals surface area (Å²) in [6, 6.07) is -0.629. The van der Waals surface area contributed by atoms with Gasteiger partial charge in [-0.05, 0) is 57.8 Å². The highest BCUT2D eigenvalue weighted by Crippen LogP contribution is 2.18. The summed E-state index contributed by atoms with van der Waals surface area (Å²) in [5.41, 5.74) is 0. The zero-order chi connectivity index (χ0) is 51.4. The average molecular weight is 1000 g/mol. The first-order chi connectivity index (χ1) is 35.0. The van der Waals surface area contributed by atoms with Crippen LogP contribution in [-0.4, -0.2) is 47.4 Å². The first-order valence-corrected chi connectivity index (χ1v) is 32.1. The van der Waals surface area contributed by atoms with Gasteiger partial charge >= 0.3 is 5.97 Å². The number of amides is 1. The third-order valence-corrected chi connectivity index (χ3v) is 15.0. The third kappa shape index (κ3) is 57.5. The van der Waals surface area contributed by atoms with Gasteiger partial charge in [-0.25, -0.2) is 0 Å². The molecule has 3 N–H and O–H groups in total. The predicted molar refractivity (Wildman–Crippen MR) is 310 cm³/mol. The van der Waals surface area contributed by atoms with E-state index in [1.165, 1.54) is 289 Å². The van der Waals surface area contributed by atoms with E-state index in [1.807, 2.05) is 6.08 Å². The van der Waals surface area contributed by atoms with Crippen molar-refractivity contribution < 1.29 is 24.5 Å². The molecule has 71 heavy (non-hydrogen) atoms. The second-order valence-electron chi connectivity index (χ2n) is 22.1. The smallest absolute Gasteiger partial charge is 0.305 e. The molecule has 0 radical (unpaired) electrons. The molecule has 1 amide bonds. The molecule has 0 saturated heterocycles. The normalized spacial score (nSPS) is 12.7. The Morgan fingerprint density at radius 1 is 0.380 bits per heavy atom. The molecule has 6 heteroatoms. The maximum absolute atomic E-state index is 12.5. The van der Waals surface area contributed by atoms with E-state index in [0.717, 1.165) is 38.5 Å². The second-order valence-corrected chi connectivity index (χ2v) is 22.1. The monoisotopic (exact) mass is 1000 g/mol. The van der Waals surface area contributed by atoms with Crippen LogP contribution in [0.2, 0.25) is 0 Å². The number of rotatable bonds is 60. The molecule has 6 nitrogen and oxygen atoms in total. The molecular weight excluding hydrogens is 875 g/mol. The first kappa shape index (κ1) is 69.3. The van der Waals surface area contributed by atoms with Crippen LogP contribution in [0.15, 0.2) is 24.3 Å². The summed E-state index contributed by atoms with van der Waals surface area (Å²) in [7, 11) is 0. The zero-order valence-corrected chi connectivity index (χ0v) is 48.0. The second kappa shape index (κ2) is 60.9. The Hall–Kier alpha value is -1.66. The number of nitrogens with one attached hydrogen (secondary N) is 1. The molecule has 0 spiro atoms. The van der Waals surface area contributed by atoms with Gasteiger partial charge in [0.15, 0.2) is 0 Å². The molecule has 0 aliphatic heterocycles. The fourth-order valence-corrected chi connectivity index (χ4v) is 10.0. The summed E-state index contributed by atoms with van der Waals surface area (Å²) in [5, 5.41) is 23.2. The minimum atomic E-state index is -0.845. The Morgan fingerprint density at radius 3 is 1.00 bits per heavy atom. The van der Waals surface area contributed by atoms with E-state index in [9.17, 15) is 19.8 Å². The first-order valence-electron chi connectivity index (χ1n) is 32.1. The van der Waals surface area contributed by atoms with Crippen molar-refractivity contribution >= 4 is 11.9 Å². The molecule has 0 heterocycles. The summed E-state index contributed by atoms with van der Waals surface area (Å²) >= 11 is 0. The van der Waals surface area contributed by atoms with Crippen molar-refractivity contribution in [3.05, 3.63) is 24.3 Å². The number of unbranched alkanes of at least 4 members (excludes halogenated alkanes) is 47. The number of esters is 1. The summed E-state index contributed by atoms with van der Waals surface area (Å²) in [4.78, 5) is 24.5. The summed E-state index contributed by atoms with van der Waals surface area (Å²) < 4.78 is 5.48. The Morgan fingerprint density at radius 2 is 0.662 bits per heavy atom. The molecule has 0 aromatic rings. The van der Waals surface area contributed by atoms with Gasteiger partial charge in [0.2, 0.25) is 5.91 Å². The lowest BCUT2D eigenvalue weighted by Gasteiger charge is -2.20. The van der Waals surface area contributed by atoms with Gasteiger partial charge in [0.05, 0.1) is 25.4 Å². The zero-order valence-electron chi connectivity index (χ0n) is 48.0. The molecule has 0 aromatic heterocycles. The summed E-state index contributed by atoms with van der Waals surface area (Å²) in [6.07, 6.45) is 75.1. The van der Waals surface area contributed by atoms with E-state index < -0.39 is 12.1 Å². The minimum absolute atomic E-state index is 0.0149. The Kier molecular flexibility index (Phi) is 59.5. The van der Waals surface area contributed by atoms with Gasteiger partial charge in [-0.3, -0.25) is 9.59 Å². The van der Waals surface area contributed by atoms with E-state index in [-0.39, 0.29) is 18.5 Å². The highest BCUT2D eigenvalue weighted by molar-refractivity contribution is 5.76. The fourth-order valence-electron chi connectivity index (χ4n) is 10.0. The molecular formula is C65H125NO5. The Balaban J connectivity index is 3.41. The van der Waals surface area contributed by atoms with Crippen LogP contribution in [0.4, 0.5) is 0 Å². The van der Waals surface area contributed by atoms with Gasteiger partial charge < -0.3 is 20.3 Å². The number of carbonyl (C=O) groups excluding carboxylic acids is 2. The van der Waals surface area contributed by atoms with Crippen LogP contribution in [0.1, 0.15) is 354 Å². The molecule has 2 unspecified atom stereocenters. The van der Waals surface area contributed by atoms with E-state index in [2.05, 4.69) is 31.3 Å². The number of hydrogen-bond acceptors (Lipinski definition) is 5. The number of aliphatic hydroxyl groups excluding tert-OH is 2. The molecule has 420 valence electrons. The molecule has 0 bridgehead atoms. The predicted octanol–water partition coefficient (Wildman–Crippen LogP) is 20.2. The number of ether oxygens (including phenoxy) is 1. The van der Waals surface area contributed by atoms with Crippen molar-refractivity contribution in [1.29, 1.82) is 0 Å². The molecule has 0 aliphatic rings. The van der Waals surface area contributed by atoms with Gasteiger partial charge in [0.25, 0.3) is 0 Å². The van der Waals surface area contributed by atoms with Crippen molar-refractivity contribution in [2.75, 3.05) is 13.2 Å². The lowest BCUT2D eigenvalue weighted by atomic mass is 10.0. The van der Waals surface area contributed by atoms with Crippen LogP contribution >= 0.6 is 0 Å². The van der Waals surface area contributed by atoms with Crippen LogP contribution in [0.3, 0.4) is 0 Å². The van der Waals surface area contributed by atoms with Crippen LogP contribution in [-0.2, 0) is 14.3 Å². The van der Waals surface area contributed by atoms with E-state index >= 15 is 0 Å². The lowest BCUT2D eigenvalue weighted by Crippen LogP contribution is -2.45. The quantitative estimate of drug-likeness (QED) is 0.0320. The molecule has 0 fully saturated rings. The van der Waals surface area contributed by atoms with E-state index in [1.54, 1.807) is 6.08 Å². The number of allylic oxidation sites excluding steroid dienone is 3. The van der Waals surface area contributed by atoms with Crippen molar-refractivity contribution in [3.63, 3.8) is 0 Å². The van der Waals surface area contributed by atoms with E-state index in [4.69, 9.17) is 4.74 Å². The van der Waals surface area contributed by atoms with Crippen molar-refractivity contribution in [3.8, 4) is 0 Å². The molecule has 2 atom stereocenters. The average Bonchev–Trinajstić information content (AvgIpc) is 3.37. The molecule has 0 rings (SSSR count). The topological polar surface area (TPSA) is 95.9 Å². The lowest BCUT2D eigenvalue weighted by molar-refractivity contribution is -0.143. The summed E-state index contributed by atoms with van der Waals surface area (Å²) in [5.74, 6) is -0.0527. The Bertz CT molecular complexity index is 1110. The van der Waals surface area contributed by atoms with Crippen LogP contribution in [0.25, 0.3) is 0 Å². The van der Waals surface area contributed by atoms with Crippen LogP contribution in [0, 0.1) is 0 Å². The van der Waals surface area contributed by atoms with Gasteiger partial charge in [-0.1, -0.05) is 308 Å². The van der Waals surface area contributed by atoms with E-state index in [0.29, 0.717) is 19.4 Å². The molecule has 0 saturated carbocycles. The SMILES string of the molecule is CCCCCCCCCCCCCCCC/C=C/C(O)C(CO)NC(=O)CCCCCCCCCCCC/C=C\CCCCCCCCCCCCCCOC(=O)CCCCCCCCCCCCCC. The maximum Gasteiger partial charge on any atom is 0.305 e. The van der Waals surface area contributed by atoms with Gasteiger partial charge in [-0.15, -0.1) is 0 Å². The number of carbonyl (C=O) groups is 2. The maximum atomic E-state index is 12.5.